The van der Waals surface area contributed by atoms with Crippen molar-refractivity contribution in [2.45, 2.75) is 82.2 Å². The summed E-state index contributed by atoms with van der Waals surface area (Å²) in [6.07, 6.45) is 11.6. The van der Waals surface area contributed by atoms with Gasteiger partial charge in [0.2, 0.25) is 5.91 Å². The molecule has 0 bridgehead atoms. The lowest BCUT2D eigenvalue weighted by Crippen LogP contribution is -2.44. The highest BCUT2D eigenvalue weighted by Gasteiger charge is 2.30. The molecule has 1 aromatic heterocycles. The van der Waals surface area contributed by atoms with E-state index < -0.39 is 23.8 Å². The number of anilines is 1. The van der Waals surface area contributed by atoms with Crippen LogP contribution in [0.3, 0.4) is 0 Å². The van der Waals surface area contributed by atoms with Crippen LogP contribution in [0.1, 0.15) is 69.5 Å². The number of β-amino-alcohol motifs (C(OH)–C–C–N with tert-alkyl or cyclic N) is 1. The smallest absolute Gasteiger partial charge is 0.247 e. The van der Waals surface area contributed by atoms with Crippen LogP contribution in [0.4, 0.5) is 5.69 Å². The maximum atomic E-state index is 13.2. The normalized spacial score (nSPS) is 20.5. The molecule has 0 radical (unpaired) electrons. The third kappa shape index (κ3) is 7.76. The summed E-state index contributed by atoms with van der Waals surface area (Å²) in [5, 5.41) is 30.8. The number of aromatic nitrogens is 1. The van der Waals surface area contributed by atoms with Crippen LogP contribution in [0.5, 0.6) is 0 Å². The maximum Gasteiger partial charge on any atom is 0.247 e. The molecule has 4 rings (SSSR count). The van der Waals surface area contributed by atoms with E-state index in [1.165, 1.54) is 24.2 Å². The van der Waals surface area contributed by atoms with Crippen molar-refractivity contribution in [3.63, 3.8) is 0 Å². The van der Waals surface area contributed by atoms with Gasteiger partial charge in [-0.25, -0.2) is 0 Å². The first-order valence-electron chi connectivity index (χ1n) is 13.2. The molecule has 3 N–H and O–H groups in total. The van der Waals surface area contributed by atoms with E-state index >= 15 is 0 Å². The van der Waals surface area contributed by atoms with Gasteiger partial charge in [-0.2, -0.15) is 5.26 Å². The Morgan fingerprint density at radius 1 is 1.24 bits per heavy atom. The number of hydrogen-bond acceptors (Lipinski definition) is 8. The van der Waals surface area contributed by atoms with Gasteiger partial charge in [-0.3, -0.25) is 14.7 Å². The summed E-state index contributed by atoms with van der Waals surface area (Å²) in [5.74, 6) is 0.00830. The van der Waals surface area contributed by atoms with Gasteiger partial charge in [0.1, 0.15) is 12.3 Å². The minimum Gasteiger partial charge on any atom is -0.391 e. The summed E-state index contributed by atoms with van der Waals surface area (Å²) in [7, 11) is 1.93. The lowest BCUT2D eigenvalue weighted by Gasteiger charge is -2.32. The van der Waals surface area contributed by atoms with Gasteiger partial charge in [-0.1, -0.05) is 37.5 Å². The van der Waals surface area contributed by atoms with Crippen molar-refractivity contribution in [3.05, 3.63) is 59.9 Å². The average molecular weight is 522 g/mol. The molecule has 0 spiro atoms. The van der Waals surface area contributed by atoms with Crippen molar-refractivity contribution >= 4 is 17.9 Å². The zero-order valence-electron chi connectivity index (χ0n) is 22.5. The number of nitrogens with zero attached hydrogens (tertiary/aromatic N) is 4. The third-order valence-corrected chi connectivity index (χ3v) is 7.18. The molecule has 38 heavy (non-hydrogen) atoms. The molecule has 204 valence electrons. The minimum absolute atomic E-state index is 0.00830. The number of nitrogens with one attached hydrogen (secondary N) is 1. The van der Waals surface area contributed by atoms with E-state index in [-0.39, 0.29) is 11.9 Å². The zero-order valence-corrected chi connectivity index (χ0v) is 22.5. The molecule has 2 aromatic rings. The number of aliphatic hydroxyl groups is 2. The largest absolute Gasteiger partial charge is 0.391 e. The van der Waals surface area contributed by atoms with Gasteiger partial charge in [0.25, 0.3) is 0 Å². The van der Waals surface area contributed by atoms with Gasteiger partial charge in [-0.05, 0) is 50.5 Å². The molecule has 1 amide bonds. The molecule has 3 atom stereocenters. The summed E-state index contributed by atoms with van der Waals surface area (Å²) >= 11 is 0. The Hall–Kier alpha value is -3.48. The second-order valence-corrected chi connectivity index (χ2v) is 10.6. The Morgan fingerprint density at radius 2 is 1.92 bits per heavy atom. The molecule has 9 nitrogen and oxygen atoms in total. The van der Waals surface area contributed by atoms with Crippen molar-refractivity contribution < 1.29 is 19.8 Å². The molecular weight excluding hydrogens is 482 g/mol. The first-order chi connectivity index (χ1) is 18.1. The number of pyridine rings is 1. The van der Waals surface area contributed by atoms with Crippen LogP contribution < -0.4 is 10.2 Å². The Bertz CT molecular complexity index is 1070. The van der Waals surface area contributed by atoms with Gasteiger partial charge in [0, 0.05) is 43.2 Å². The summed E-state index contributed by atoms with van der Waals surface area (Å²) in [5.41, 5.74) is 1.73. The van der Waals surface area contributed by atoms with E-state index in [1.54, 1.807) is 26.2 Å². The summed E-state index contributed by atoms with van der Waals surface area (Å²) in [6, 6.07) is 10.9. The molecule has 1 aliphatic carbocycles. The molecular formula is C29H39N5O4. The van der Waals surface area contributed by atoms with Crippen LogP contribution in [0.15, 0.2) is 48.8 Å². The fraction of sp³-hybridized carbons (Fsp3) is 0.517. The van der Waals surface area contributed by atoms with Gasteiger partial charge < -0.3 is 25.2 Å². The highest BCUT2D eigenvalue weighted by atomic mass is 16.3. The van der Waals surface area contributed by atoms with Crippen LogP contribution in [0.2, 0.25) is 0 Å². The van der Waals surface area contributed by atoms with E-state index in [2.05, 4.69) is 10.3 Å². The molecule has 2 fully saturated rings. The number of nitriles is 1. The summed E-state index contributed by atoms with van der Waals surface area (Å²) in [6.45, 7) is 3.82. The molecule has 1 saturated carbocycles. The number of carbonyl (C=O) groups is 2. The van der Waals surface area contributed by atoms with Crippen LogP contribution in [-0.4, -0.2) is 64.1 Å². The maximum absolute atomic E-state index is 13.2. The first kappa shape index (κ1) is 29.1. The number of likely N-dealkylation sites (tertiary alicyclic amines) is 1. The lowest BCUT2D eigenvalue weighted by atomic mass is 9.94. The second kappa shape index (κ2) is 13.4. The van der Waals surface area contributed by atoms with E-state index in [0.29, 0.717) is 19.3 Å². The quantitative estimate of drug-likeness (QED) is 0.375. The molecule has 2 aliphatic rings. The molecule has 9 heteroatoms. The Kier molecular flexibility index (Phi) is 10.2. The number of amides is 1. The number of carbonyl (C=O) groups excluding carboxylic acids is 2. The van der Waals surface area contributed by atoms with Crippen molar-refractivity contribution in [2.75, 3.05) is 18.5 Å². The van der Waals surface area contributed by atoms with E-state index in [0.717, 1.165) is 29.7 Å². The van der Waals surface area contributed by atoms with Gasteiger partial charge in [0.05, 0.1) is 24.3 Å². The van der Waals surface area contributed by atoms with Crippen molar-refractivity contribution in [2.24, 2.45) is 0 Å². The topological polar surface area (TPSA) is 130 Å². The highest BCUT2D eigenvalue weighted by Crippen LogP contribution is 2.29. The molecule has 1 aliphatic heterocycles. The summed E-state index contributed by atoms with van der Waals surface area (Å²) < 4.78 is 0. The predicted molar refractivity (Wildman–Crippen MR) is 145 cm³/mol. The first-order valence-corrected chi connectivity index (χ1v) is 13.2. The molecule has 1 saturated heterocycles. The lowest BCUT2D eigenvalue weighted by molar-refractivity contribution is -0.123. The second-order valence-electron chi connectivity index (χ2n) is 10.6. The SMILES string of the molecule is CN(c1ccc(C(C)(C)O)cc1)C(C(=O)NC1CCCCC1)c1cccnc1.N#CN1CC(O)CC1C=O. The van der Waals surface area contributed by atoms with Crippen molar-refractivity contribution in [1.82, 2.24) is 15.2 Å². The van der Waals surface area contributed by atoms with Gasteiger partial charge >= 0.3 is 0 Å². The molecule has 2 heterocycles. The standard InChI is InChI=1S/C23H31N3O2.C6H8N2O2/c1-23(2,28)18-11-13-20(14-12-18)26(3)21(17-8-7-15-24-16-17)22(27)25-19-9-5-4-6-10-19;7-4-8-2-6(10)1-5(8)3-9/h7-8,11-16,19,21,28H,4-6,9-10H2,1-3H3,(H,25,27);3,5-6,10H,1-2H2. The monoisotopic (exact) mass is 521 g/mol. The summed E-state index contributed by atoms with van der Waals surface area (Å²) in [4.78, 5) is 30.9. The van der Waals surface area contributed by atoms with Crippen LogP contribution >= 0.6 is 0 Å². The average Bonchev–Trinajstić information content (AvgIpc) is 3.29. The van der Waals surface area contributed by atoms with Gasteiger partial charge in [-0.15, -0.1) is 0 Å². The zero-order chi connectivity index (χ0) is 27.7. The van der Waals surface area contributed by atoms with Crippen molar-refractivity contribution in [1.29, 1.82) is 5.26 Å². The van der Waals surface area contributed by atoms with Crippen LogP contribution in [0, 0.1) is 11.5 Å². The Labute approximate surface area is 225 Å². The van der Waals surface area contributed by atoms with Crippen LogP contribution in [0.25, 0.3) is 0 Å². The highest BCUT2D eigenvalue weighted by molar-refractivity contribution is 5.86. The Balaban J connectivity index is 0.000000336. The number of hydrogen-bond donors (Lipinski definition) is 3. The van der Waals surface area contributed by atoms with E-state index in [4.69, 9.17) is 10.4 Å². The molecule has 3 unspecified atom stereocenters. The Morgan fingerprint density at radius 3 is 2.45 bits per heavy atom. The number of benzene rings is 1. The fourth-order valence-corrected chi connectivity index (χ4v) is 4.96. The van der Waals surface area contributed by atoms with Crippen LogP contribution in [-0.2, 0) is 15.2 Å². The third-order valence-electron chi connectivity index (χ3n) is 7.18. The van der Waals surface area contributed by atoms with E-state index in [1.807, 2.05) is 54.5 Å². The number of rotatable bonds is 7. The number of aliphatic hydroxyl groups excluding tert-OH is 1. The number of likely N-dealkylation sites (N-methyl/N-ethyl adjacent to an activating group) is 1. The van der Waals surface area contributed by atoms with Gasteiger partial charge in [0.15, 0.2) is 6.19 Å². The number of aldehydes is 1. The molecule has 1 aromatic carbocycles. The minimum atomic E-state index is -0.891. The van der Waals surface area contributed by atoms with E-state index in [9.17, 15) is 14.7 Å². The predicted octanol–water partition coefficient (Wildman–Crippen LogP) is 3.04. The van der Waals surface area contributed by atoms with Crippen molar-refractivity contribution in [3.8, 4) is 6.19 Å². The fourth-order valence-electron chi connectivity index (χ4n) is 4.96.